The first-order valence-corrected chi connectivity index (χ1v) is 15.1. The summed E-state index contributed by atoms with van der Waals surface area (Å²) in [5.41, 5.74) is 4.09. The number of nitrogens with zero attached hydrogens (tertiary/aromatic N) is 1. The number of unbranched alkanes of at least 4 members (excludes halogenated alkanes) is 11. The summed E-state index contributed by atoms with van der Waals surface area (Å²) in [6.07, 6.45) is 16.5. The van der Waals surface area contributed by atoms with Crippen LogP contribution in [0.1, 0.15) is 117 Å². The standard InChI is InChI=1S/C30H43NO3S.H3N/c1-4-5-6-7-8-9-10-11-12-13-14-18-21-27-22-28-29(25(3)24(27)2)30(32)31(35(28,33)34)23-26-19-16-15-17-20-26;/h15-17,19-20,22H,4-14,18,21,23H2,1-3H3;1H3. The molecule has 0 aromatic heterocycles. The first-order chi connectivity index (χ1) is 16.9. The molecule has 5 nitrogen and oxygen atoms in total. The molecule has 2 aromatic carbocycles. The Hall–Kier alpha value is -2.18. The van der Waals surface area contributed by atoms with Gasteiger partial charge in [-0.25, -0.2) is 12.7 Å². The lowest BCUT2D eigenvalue weighted by Crippen LogP contribution is -2.29. The molecule has 2 aromatic rings. The average Bonchev–Trinajstić information content (AvgIpc) is 3.03. The zero-order valence-corrected chi connectivity index (χ0v) is 23.5. The lowest BCUT2D eigenvalue weighted by atomic mass is 9.94. The smallest absolute Gasteiger partial charge is 0.269 e. The van der Waals surface area contributed by atoms with Crippen molar-refractivity contribution in [1.82, 2.24) is 10.5 Å². The van der Waals surface area contributed by atoms with Gasteiger partial charge in [-0.2, -0.15) is 0 Å². The monoisotopic (exact) mass is 514 g/mol. The van der Waals surface area contributed by atoms with E-state index >= 15 is 0 Å². The van der Waals surface area contributed by atoms with Gasteiger partial charge in [0.2, 0.25) is 0 Å². The van der Waals surface area contributed by atoms with Gasteiger partial charge in [-0.15, -0.1) is 0 Å². The Bertz CT molecular complexity index is 1080. The van der Waals surface area contributed by atoms with Crippen LogP contribution < -0.4 is 6.15 Å². The van der Waals surface area contributed by atoms with Crippen molar-refractivity contribution >= 4 is 15.9 Å². The number of rotatable bonds is 15. The highest BCUT2D eigenvalue weighted by molar-refractivity contribution is 7.90. The summed E-state index contributed by atoms with van der Waals surface area (Å²) in [5, 5.41) is 0. The molecule has 0 saturated carbocycles. The van der Waals surface area contributed by atoms with Crippen LogP contribution in [0.5, 0.6) is 0 Å². The molecule has 36 heavy (non-hydrogen) atoms. The molecule has 1 aliphatic rings. The van der Waals surface area contributed by atoms with Crippen LogP contribution in [0.15, 0.2) is 41.3 Å². The lowest BCUT2D eigenvalue weighted by molar-refractivity contribution is 0.0864. The number of hydrogen-bond acceptors (Lipinski definition) is 4. The largest absolute Gasteiger partial charge is 0.344 e. The number of hydrogen-bond donors (Lipinski definition) is 1. The van der Waals surface area contributed by atoms with Gasteiger partial charge in [-0.1, -0.05) is 108 Å². The lowest BCUT2D eigenvalue weighted by Gasteiger charge is -2.15. The summed E-state index contributed by atoms with van der Waals surface area (Å²) < 4.78 is 27.6. The first kappa shape index (κ1) is 30.0. The Balaban J connectivity index is 0.00000456. The number of sulfonamides is 1. The molecule has 0 unspecified atom stereocenters. The highest BCUT2D eigenvalue weighted by Crippen LogP contribution is 2.37. The minimum atomic E-state index is -3.83. The minimum absolute atomic E-state index is 0. The molecule has 1 heterocycles. The van der Waals surface area contributed by atoms with Crippen molar-refractivity contribution in [1.29, 1.82) is 0 Å². The molecule has 0 atom stereocenters. The molecule has 3 N–H and O–H groups in total. The second-order valence-electron chi connectivity index (χ2n) is 10.1. The number of amides is 1. The number of benzene rings is 2. The topological polar surface area (TPSA) is 89.5 Å². The second-order valence-corrected chi connectivity index (χ2v) is 11.9. The van der Waals surface area contributed by atoms with Crippen molar-refractivity contribution in [3.05, 3.63) is 64.2 Å². The Kier molecular flexibility index (Phi) is 12.1. The van der Waals surface area contributed by atoms with Crippen LogP contribution in [0, 0.1) is 13.8 Å². The van der Waals surface area contributed by atoms with E-state index < -0.39 is 15.9 Å². The van der Waals surface area contributed by atoms with Gasteiger partial charge in [0.25, 0.3) is 15.9 Å². The summed E-state index contributed by atoms with van der Waals surface area (Å²) in [6.45, 7) is 6.24. The van der Waals surface area contributed by atoms with Crippen LogP contribution in [0.2, 0.25) is 0 Å². The van der Waals surface area contributed by atoms with Crippen LogP contribution in [0.4, 0.5) is 0 Å². The molecule has 0 aliphatic carbocycles. The Morgan fingerprint density at radius 2 is 1.28 bits per heavy atom. The molecule has 0 saturated heterocycles. The van der Waals surface area contributed by atoms with Crippen LogP contribution in [0.3, 0.4) is 0 Å². The molecule has 1 aliphatic heterocycles. The van der Waals surface area contributed by atoms with Crippen LogP contribution in [0.25, 0.3) is 0 Å². The molecule has 200 valence electrons. The van der Waals surface area contributed by atoms with E-state index in [1.54, 1.807) is 6.07 Å². The highest BCUT2D eigenvalue weighted by Gasteiger charge is 2.42. The fourth-order valence-corrected chi connectivity index (χ4v) is 6.75. The Morgan fingerprint density at radius 1 is 0.750 bits per heavy atom. The van der Waals surface area contributed by atoms with Crippen molar-refractivity contribution in [2.45, 2.75) is 116 Å². The van der Waals surface area contributed by atoms with E-state index in [0.717, 1.165) is 45.8 Å². The summed E-state index contributed by atoms with van der Waals surface area (Å²) in [6, 6.07) is 11.1. The second kappa shape index (κ2) is 14.5. The average molecular weight is 515 g/mol. The van der Waals surface area contributed by atoms with Crippen LogP contribution >= 0.6 is 0 Å². The van der Waals surface area contributed by atoms with Gasteiger partial charge < -0.3 is 6.15 Å². The van der Waals surface area contributed by atoms with Gasteiger partial charge in [-0.05, 0) is 55.0 Å². The summed E-state index contributed by atoms with van der Waals surface area (Å²) >= 11 is 0. The zero-order chi connectivity index (χ0) is 25.3. The third-order valence-corrected chi connectivity index (χ3v) is 9.20. The van der Waals surface area contributed by atoms with Crippen molar-refractivity contribution in [3.63, 3.8) is 0 Å². The predicted octanol–water partition coefficient (Wildman–Crippen LogP) is 8.05. The minimum Gasteiger partial charge on any atom is -0.344 e. The molecule has 1 amide bonds. The summed E-state index contributed by atoms with van der Waals surface area (Å²) in [5.74, 6) is -0.402. The van der Waals surface area contributed by atoms with E-state index in [9.17, 15) is 13.2 Å². The molecule has 6 heteroatoms. The van der Waals surface area contributed by atoms with Crippen molar-refractivity contribution in [3.8, 4) is 0 Å². The highest BCUT2D eigenvalue weighted by atomic mass is 32.2. The summed E-state index contributed by atoms with van der Waals surface area (Å²) in [4.78, 5) is 13.3. The maximum atomic E-state index is 13.3. The van der Waals surface area contributed by atoms with Gasteiger partial charge in [0.05, 0.1) is 12.1 Å². The van der Waals surface area contributed by atoms with E-state index in [4.69, 9.17) is 0 Å². The number of carbonyl (C=O) groups excluding carboxylic acids is 1. The Morgan fingerprint density at radius 3 is 1.83 bits per heavy atom. The SMILES string of the molecule is CCCCCCCCCCCCCCc1cc2c(c(C)c1C)C(=O)N(Cc1ccccc1)S2(=O)=O.N. The maximum absolute atomic E-state index is 13.3. The molecule has 3 rings (SSSR count). The molecule has 0 bridgehead atoms. The number of aryl methyl sites for hydroxylation is 1. The van der Waals surface area contributed by atoms with Gasteiger partial charge in [-0.3, -0.25) is 4.79 Å². The van der Waals surface area contributed by atoms with Crippen molar-refractivity contribution in [2.75, 3.05) is 0 Å². The molecular weight excluding hydrogens is 468 g/mol. The fourth-order valence-electron chi connectivity index (χ4n) is 5.10. The third kappa shape index (κ3) is 7.42. The first-order valence-electron chi connectivity index (χ1n) is 13.6. The third-order valence-electron chi connectivity index (χ3n) is 7.45. The van der Waals surface area contributed by atoms with Gasteiger partial charge in [0.1, 0.15) is 4.90 Å². The fraction of sp³-hybridized carbons (Fsp3) is 0.567. The van der Waals surface area contributed by atoms with E-state index in [0.29, 0.717) is 5.56 Å². The van der Waals surface area contributed by atoms with Gasteiger partial charge >= 0.3 is 0 Å². The molecule has 0 radical (unpaired) electrons. The summed E-state index contributed by atoms with van der Waals surface area (Å²) in [7, 11) is -3.83. The quantitative estimate of drug-likeness (QED) is 0.243. The van der Waals surface area contributed by atoms with Gasteiger partial charge in [0.15, 0.2) is 0 Å². The van der Waals surface area contributed by atoms with Crippen molar-refractivity contribution < 1.29 is 13.2 Å². The van der Waals surface area contributed by atoms with Crippen LogP contribution in [-0.4, -0.2) is 18.6 Å². The zero-order valence-electron chi connectivity index (χ0n) is 22.7. The van der Waals surface area contributed by atoms with E-state index in [2.05, 4.69) is 6.92 Å². The maximum Gasteiger partial charge on any atom is 0.269 e. The number of carbonyl (C=O) groups is 1. The van der Waals surface area contributed by atoms with E-state index in [1.807, 2.05) is 44.2 Å². The van der Waals surface area contributed by atoms with E-state index in [-0.39, 0.29) is 17.6 Å². The van der Waals surface area contributed by atoms with E-state index in [1.165, 1.54) is 64.2 Å². The van der Waals surface area contributed by atoms with Crippen LogP contribution in [-0.2, 0) is 23.0 Å². The predicted molar refractivity (Wildman–Crippen MR) is 149 cm³/mol. The number of fused-ring (bicyclic) bond motifs is 1. The van der Waals surface area contributed by atoms with Crippen molar-refractivity contribution in [2.24, 2.45) is 0 Å². The van der Waals surface area contributed by atoms with Gasteiger partial charge in [0, 0.05) is 0 Å². The normalized spacial score (nSPS) is 14.1. The molecule has 0 fully saturated rings. The molecule has 0 spiro atoms. The Labute approximate surface area is 219 Å². The molecular formula is C30H46N2O3S.